The largest absolute Gasteiger partial charge is 0.290 e. The predicted molar refractivity (Wildman–Crippen MR) is 82.4 cm³/mol. The van der Waals surface area contributed by atoms with Crippen LogP contribution in [0.2, 0.25) is 0 Å². The number of halogens is 1. The van der Waals surface area contributed by atoms with Crippen molar-refractivity contribution in [2.24, 2.45) is 5.84 Å². The monoisotopic (exact) mass is 345 g/mol. The Morgan fingerprint density at radius 3 is 2.86 bits per heavy atom. The third kappa shape index (κ3) is 2.65. The number of carbonyl (C=O) groups excluding carboxylic acids is 1. The number of benzene rings is 2. The summed E-state index contributed by atoms with van der Waals surface area (Å²) in [6.07, 6.45) is 0. The molecule has 2 aromatic carbocycles. The molecule has 0 aliphatic heterocycles. The van der Waals surface area contributed by atoms with Crippen LogP contribution in [-0.2, 0) is 6.54 Å². The molecule has 1 heterocycles. The van der Waals surface area contributed by atoms with Crippen LogP contribution in [0.4, 0.5) is 0 Å². The molecular formula is C14H12BrN5O. The quantitative estimate of drug-likeness (QED) is 0.431. The molecule has 3 rings (SSSR count). The van der Waals surface area contributed by atoms with Crippen molar-refractivity contribution in [1.29, 1.82) is 0 Å². The number of carbonyl (C=O) groups is 1. The first-order chi connectivity index (χ1) is 10.2. The van der Waals surface area contributed by atoms with Crippen LogP contribution in [0.1, 0.15) is 15.9 Å². The molecular weight excluding hydrogens is 334 g/mol. The molecule has 0 atom stereocenters. The van der Waals surface area contributed by atoms with Crippen molar-refractivity contribution in [1.82, 2.24) is 20.4 Å². The molecule has 7 heteroatoms. The Kier molecular flexibility index (Phi) is 3.68. The molecule has 106 valence electrons. The average Bonchev–Trinajstić information content (AvgIpc) is 2.92. The second kappa shape index (κ2) is 5.63. The van der Waals surface area contributed by atoms with Crippen molar-refractivity contribution in [3.05, 3.63) is 58.1 Å². The van der Waals surface area contributed by atoms with E-state index in [1.807, 2.05) is 35.0 Å². The second-order valence-corrected chi connectivity index (χ2v) is 5.37. The lowest BCUT2D eigenvalue weighted by Crippen LogP contribution is -2.29. The SMILES string of the molecule is NNC(=O)c1ccc(Cn2nnc3ccccc32)c(Br)c1. The Labute approximate surface area is 129 Å². The summed E-state index contributed by atoms with van der Waals surface area (Å²) in [7, 11) is 0. The molecule has 0 unspecified atom stereocenters. The Morgan fingerprint density at radius 1 is 1.29 bits per heavy atom. The summed E-state index contributed by atoms with van der Waals surface area (Å²) in [6, 6.07) is 13.1. The number of aromatic nitrogens is 3. The number of hydrogen-bond acceptors (Lipinski definition) is 4. The number of hydrogen-bond donors (Lipinski definition) is 2. The number of rotatable bonds is 3. The van der Waals surface area contributed by atoms with Gasteiger partial charge in [0.25, 0.3) is 5.91 Å². The van der Waals surface area contributed by atoms with E-state index in [0.717, 1.165) is 21.1 Å². The molecule has 0 fully saturated rings. The molecule has 0 spiro atoms. The van der Waals surface area contributed by atoms with Crippen LogP contribution >= 0.6 is 15.9 Å². The lowest BCUT2D eigenvalue weighted by Gasteiger charge is -2.07. The Bertz CT molecular complexity index is 814. The lowest BCUT2D eigenvalue weighted by molar-refractivity contribution is 0.0953. The molecule has 0 bridgehead atoms. The Balaban J connectivity index is 1.93. The van der Waals surface area contributed by atoms with Crippen LogP contribution in [-0.4, -0.2) is 20.9 Å². The topological polar surface area (TPSA) is 85.8 Å². The highest BCUT2D eigenvalue weighted by molar-refractivity contribution is 9.10. The van der Waals surface area contributed by atoms with Crippen molar-refractivity contribution in [3.8, 4) is 0 Å². The predicted octanol–water partition coefficient (Wildman–Crippen LogP) is 1.85. The third-order valence-corrected chi connectivity index (χ3v) is 3.92. The highest BCUT2D eigenvalue weighted by Gasteiger charge is 2.09. The maximum Gasteiger partial charge on any atom is 0.265 e. The fraction of sp³-hybridized carbons (Fsp3) is 0.0714. The summed E-state index contributed by atoms with van der Waals surface area (Å²) >= 11 is 3.47. The normalized spacial score (nSPS) is 10.8. The van der Waals surface area contributed by atoms with Crippen LogP contribution in [0.5, 0.6) is 0 Å². The van der Waals surface area contributed by atoms with Gasteiger partial charge in [-0.1, -0.05) is 39.3 Å². The zero-order chi connectivity index (χ0) is 14.8. The summed E-state index contributed by atoms with van der Waals surface area (Å²) in [5.41, 5.74) is 5.43. The summed E-state index contributed by atoms with van der Waals surface area (Å²) < 4.78 is 2.64. The van der Waals surface area contributed by atoms with Crippen molar-refractivity contribution in [2.75, 3.05) is 0 Å². The van der Waals surface area contributed by atoms with Crippen LogP contribution in [0, 0.1) is 0 Å². The molecule has 3 N–H and O–H groups in total. The van der Waals surface area contributed by atoms with Gasteiger partial charge in [0.15, 0.2) is 0 Å². The van der Waals surface area contributed by atoms with Gasteiger partial charge < -0.3 is 0 Å². The van der Waals surface area contributed by atoms with E-state index in [0.29, 0.717) is 12.1 Å². The number of nitrogens with zero attached hydrogens (tertiary/aromatic N) is 3. The van der Waals surface area contributed by atoms with E-state index in [-0.39, 0.29) is 5.91 Å². The van der Waals surface area contributed by atoms with E-state index in [1.54, 1.807) is 12.1 Å². The van der Waals surface area contributed by atoms with Crippen LogP contribution < -0.4 is 11.3 Å². The summed E-state index contributed by atoms with van der Waals surface area (Å²) in [4.78, 5) is 11.5. The van der Waals surface area contributed by atoms with Crippen molar-refractivity contribution >= 4 is 32.9 Å². The molecule has 3 aromatic rings. The summed E-state index contributed by atoms with van der Waals surface area (Å²) in [6.45, 7) is 0.561. The van der Waals surface area contributed by atoms with Gasteiger partial charge in [0.2, 0.25) is 0 Å². The summed E-state index contributed by atoms with van der Waals surface area (Å²) in [5.74, 6) is 4.80. The molecule has 0 saturated carbocycles. The van der Waals surface area contributed by atoms with Gasteiger partial charge in [-0.15, -0.1) is 5.10 Å². The first-order valence-corrected chi connectivity index (χ1v) is 7.06. The molecule has 0 saturated heterocycles. The van der Waals surface area contributed by atoms with Gasteiger partial charge in [-0.3, -0.25) is 10.2 Å². The standard InChI is InChI=1S/C14H12BrN5O/c15-11-7-9(14(21)17-16)5-6-10(11)8-20-13-4-2-1-3-12(13)18-19-20/h1-7H,8,16H2,(H,17,21). The van der Waals surface area contributed by atoms with Gasteiger partial charge in [-0.2, -0.15) is 0 Å². The molecule has 1 amide bonds. The molecule has 21 heavy (non-hydrogen) atoms. The zero-order valence-electron chi connectivity index (χ0n) is 11.0. The minimum atomic E-state index is -0.326. The maximum atomic E-state index is 11.5. The van der Waals surface area contributed by atoms with Crippen LogP contribution in [0.3, 0.4) is 0 Å². The molecule has 0 aliphatic rings. The third-order valence-electron chi connectivity index (χ3n) is 3.19. The van der Waals surface area contributed by atoms with E-state index < -0.39 is 0 Å². The molecule has 6 nitrogen and oxygen atoms in total. The van der Waals surface area contributed by atoms with Gasteiger partial charge in [0, 0.05) is 10.0 Å². The Hall–Kier alpha value is -2.25. The number of amides is 1. The fourth-order valence-electron chi connectivity index (χ4n) is 2.10. The van der Waals surface area contributed by atoms with Crippen molar-refractivity contribution in [3.63, 3.8) is 0 Å². The van der Waals surface area contributed by atoms with E-state index in [4.69, 9.17) is 5.84 Å². The number of para-hydroxylation sites is 1. The molecule has 0 aliphatic carbocycles. The number of nitrogens with two attached hydrogens (primary N) is 1. The minimum Gasteiger partial charge on any atom is -0.290 e. The Morgan fingerprint density at radius 2 is 2.10 bits per heavy atom. The van der Waals surface area contributed by atoms with Gasteiger partial charge in [-0.25, -0.2) is 10.5 Å². The smallest absolute Gasteiger partial charge is 0.265 e. The van der Waals surface area contributed by atoms with Crippen molar-refractivity contribution in [2.45, 2.75) is 6.54 Å². The van der Waals surface area contributed by atoms with Gasteiger partial charge in [0.05, 0.1) is 12.1 Å². The number of fused-ring (bicyclic) bond motifs is 1. The van der Waals surface area contributed by atoms with E-state index in [1.165, 1.54) is 0 Å². The minimum absolute atomic E-state index is 0.326. The van der Waals surface area contributed by atoms with Crippen molar-refractivity contribution < 1.29 is 4.79 Å². The second-order valence-electron chi connectivity index (χ2n) is 4.52. The van der Waals surface area contributed by atoms with Gasteiger partial charge in [-0.05, 0) is 29.8 Å². The number of hydrazine groups is 1. The van der Waals surface area contributed by atoms with Crippen LogP contribution in [0.15, 0.2) is 46.9 Å². The zero-order valence-corrected chi connectivity index (χ0v) is 12.5. The van der Waals surface area contributed by atoms with E-state index in [2.05, 4.69) is 31.7 Å². The average molecular weight is 346 g/mol. The number of nitrogen functional groups attached to an aromatic ring is 1. The highest BCUT2D eigenvalue weighted by Crippen LogP contribution is 2.21. The first-order valence-electron chi connectivity index (χ1n) is 6.26. The molecule has 0 radical (unpaired) electrons. The van der Waals surface area contributed by atoms with E-state index in [9.17, 15) is 4.79 Å². The first kappa shape index (κ1) is 13.7. The molecule has 1 aromatic heterocycles. The fourth-order valence-corrected chi connectivity index (χ4v) is 2.60. The number of nitrogens with one attached hydrogen (secondary N) is 1. The van der Waals surface area contributed by atoms with Crippen LogP contribution in [0.25, 0.3) is 11.0 Å². The van der Waals surface area contributed by atoms with Gasteiger partial charge in [0.1, 0.15) is 5.52 Å². The maximum absolute atomic E-state index is 11.5. The highest BCUT2D eigenvalue weighted by atomic mass is 79.9. The lowest BCUT2D eigenvalue weighted by atomic mass is 10.1. The van der Waals surface area contributed by atoms with Gasteiger partial charge >= 0.3 is 0 Å². The summed E-state index contributed by atoms with van der Waals surface area (Å²) in [5, 5.41) is 8.27. The van der Waals surface area contributed by atoms with E-state index >= 15 is 0 Å².